The summed E-state index contributed by atoms with van der Waals surface area (Å²) in [5.41, 5.74) is 0. The van der Waals surface area contributed by atoms with Crippen LogP contribution in [0.3, 0.4) is 0 Å². The van der Waals surface area contributed by atoms with E-state index >= 15 is 0 Å². The summed E-state index contributed by atoms with van der Waals surface area (Å²) in [6.45, 7) is 6.35. The summed E-state index contributed by atoms with van der Waals surface area (Å²) < 4.78 is 14.6. The molecule has 0 spiro atoms. The molecule has 1 aliphatic heterocycles. The van der Waals surface area contributed by atoms with Gasteiger partial charge >= 0.3 is 0 Å². The number of ether oxygens (including phenoxy) is 3. The van der Waals surface area contributed by atoms with Gasteiger partial charge < -0.3 is 19.3 Å². The van der Waals surface area contributed by atoms with Gasteiger partial charge in [0.25, 0.3) is 0 Å². The van der Waals surface area contributed by atoms with E-state index in [-0.39, 0.29) is 18.8 Å². The molecule has 0 bridgehead atoms. The molecule has 0 amide bonds. The van der Waals surface area contributed by atoms with Crippen LogP contribution in [0.25, 0.3) is 0 Å². The summed E-state index contributed by atoms with van der Waals surface area (Å²) in [4.78, 5) is 0. The highest BCUT2D eigenvalue weighted by Crippen LogP contribution is 1.93. The molecule has 0 aromatic rings. The molecular formula is C9H20O4. The number of hydrogen-bond donors (Lipinski definition) is 1. The van der Waals surface area contributed by atoms with Gasteiger partial charge in [-0.15, -0.1) is 0 Å². The first-order valence-electron chi connectivity index (χ1n) is 4.53. The van der Waals surface area contributed by atoms with E-state index in [4.69, 9.17) is 14.6 Å². The first kappa shape index (κ1) is 12.8. The van der Waals surface area contributed by atoms with Crippen molar-refractivity contribution in [1.82, 2.24) is 0 Å². The van der Waals surface area contributed by atoms with Gasteiger partial charge in [0.05, 0.1) is 38.6 Å². The first-order chi connectivity index (χ1) is 6.20. The van der Waals surface area contributed by atoms with Gasteiger partial charge in [-0.2, -0.15) is 0 Å². The molecule has 13 heavy (non-hydrogen) atoms. The number of aliphatic hydroxyl groups excluding tert-OH is 1. The molecule has 1 saturated heterocycles. The third-order valence-corrected chi connectivity index (χ3v) is 1.48. The van der Waals surface area contributed by atoms with E-state index in [1.165, 1.54) is 0 Å². The fourth-order valence-electron chi connectivity index (χ4n) is 0.421. The maximum atomic E-state index is 8.55. The predicted molar refractivity (Wildman–Crippen MR) is 49.8 cm³/mol. The minimum absolute atomic E-state index is 0.0659. The van der Waals surface area contributed by atoms with E-state index < -0.39 is 0 Å². The van der Waals surface area contributed by atoms with Crippen molar-refractivity contribution in [2.45, 2.75) is 26.1 Å². The molecule has 2 atom stereocenters. The summed E-state index contributed by atoms with van der Waals surface area (Å²) in [5, 5.41) is 8.55. The molecule has 0 aromatic carbocycles. The summed E-state index contributed by atoms with van der Waals surface area (Å²) in [6.07, 6.45) is 0.0200. The van der Waals surface area contributed by atoms with E-state index in [0.29, 0.717) is 6.61 Å². The Morgan fingerprint density at radius 3 is 2.15 bits per heavy atom. The van der Waals surface area contributed by atoms with Crippen LogP contribution in [0.1, 0.15) is 13.8 Å². The molecule has 0 radical (unpaired) electrons. The van der Waals surface area contributed by atoms with Crippen molar-refractivity contribution in [2.75, 3.05) is 33.5 Å². The van der Waals surface area contributed by atoms with Crippen LogP contribution < -0.4 is 0 Å². The quantitative estimate of drug-likeness (QED) is 0.642. The van der Waals surface area contributed by atoms with Crippen LogP contribution in [-0.4, -0.2) is 50.9 Å². The number of aliphatic hydroxyl groups is 1. The van der Waals surface area contributed by atoms with Crippen LogP contribution in [0.2, 0.25) is 0 Å². The average Bonchev–Trinajstić information content (AvgIpc) is 3.00. The number of epoxide rings is 1. The summed E-state index contributed by atoms with van der Waals surface area (Å²) in [6, 6.07) is 0. The van der Waals surface area contributed by atoms with Crippen LogP contribution in [0, 0.1) is 0 Å². The standard InChI is InChI=1S/C7H16O3.C2H4O/c1-6(4-8)10-5-7(2)9-3;1-2-3-1/h6-8H,4-5H2,1-3H3;1-2H2. The SMILES string of the molecule is C1CO1.COC(C)COC(C)CO. The molecule has 4 nitrogen and oxygen atoms in total. The van der Waals surface area contributed by atoms with E-state index in [2.05, 4.69) is 4.74 Å². The lowest BCUT2D eigenvalue weighted by atomic mass is 10.4. The molecule has 0 saturated carbocycles. The maximum Gasteiger partial charge on any atom is 0.0779 e. The van der Waals surface area contributed by atoms with Gasteiger partial charge in [-0.1, -0.05) is 0 Å². The molecule has 0 aromatic heterocycles. The van der Waals surface area contributed by atoms with Crippen LogP contribution in [0.15, 0.2) is 0 Å². The average molecular weight is 192 g/mol. The molecule has 1 heterocycles. The molecular weight excluding hydrogens is 172 g/mol. The van der Waals surface area contributed by atoms with E-state index in [0.717, 1.165) is 13.2 Å². The van der Waals surface area contributed by atoms with Gasteiger partial charge in [-0.05, 0) is 13.8 Å². The van der Waals surface area contributed by atoms with Gasteiger partial charge in [0.15, 0.2) is 0 Å². The van der Waals surface area contributed by atoms with Crippen molar-refractivity contribution in [1.29, 1.82) is 0 Å². The minimum atomic E-state index is -0.0856. The Labute approximate surface area is 79.8 Å². The number of methoxy groups -OCH3 is 1. The lowest BCUT2D eigenvalue weighted by molar-refractivity contribution is -0.0313. The Morgan fingerprint density at radius 1 is 1.31 bits per heavy atom. The fraction of sp³-hybridized carbons (Fsp3) is 1.00. The molecule has 1 aliphatic rings. The van der Waals surface area contributed by atoms with Crippen LogP contribution in [-0.2, 0) is 14.2 Å². The van der Waals surface area contributed by atoms with Gasteiger partial charge in [0, 0.05) is 7.11 Å². The number of rotatable bonds is 5. The molecule has 2 unspecified atom stereocenters. The Bertz CT molecular complexity index is 93.0. The molecule has 1 fully saturated rings. The maximum absolute atomic E-state index is 8.55. The predicted octanol–water partition coefficient (Wildman–Crippen LogP) is 0.435. The van der Waals surface area contributed by atoms with Crippen molar-refractivity contribution >= 4 is 0 Å². The van der Waals surface area contributed by atoms with Gasteiger partial charge in [0.1, 0.15) is 0 Å². The topological polar surface area (TPSA) is 51.2 Å². The second kappa shape index (κ2) is 8.44. The third-order valence-electron chi connectivity index (χ3n) is 1.48. The molecule has 80 valence electrons. The normalized spacial score (nSPS) is 18.5. The zero-order chi connectivity index (χ0) is 10.1. The van der Waals surface area contributed by atoms with E-state index in [1.54, 1.807) is 7.11 Å². The lowest BCUT2D eigenvalue weighted by Crippen LogP contribution is -2.21. The molecule has 1 rings (SSSR count). The van der Waals surface area contributed by atoms with Gasteiger partial charge in [0.2, 0.25) is 0 Å². The van der Waals surface area contributed by atoms with Gasteiger partial charge in [-0.3, -0.25) is 0 Å². The highest BCUT2D eigenvalue weighted by Gasteiger charge is 2.03. The Kier molecular flexibility index (Phi) is 8.33. The molecule has 4 heteroatoms. The summed E-state index contributed by atoms with van der Waals surface area (Å²) in [5.74, 6) is 0. The van der Waals surface area contributed by atoms with Crippen LogP contribution in [0.4, 0.5) is 0 Å². The van der Waals surface area contributed by atoms with Crippen molar-refractivity contribution in [3.05, 3.63) is 0 Å². The smallest absolute Gasteiger partial charge is 0.0779 e. The van der Waals surface area contributed by atoms with Gasteiger partial charge in [-0.25, -0.2) is 0 Å². The Morgan fingerprint density at radius 2 is 1.85 bits per heavy atom. The fourth-order valence-corrected chi connectivity index (χ4v) is 0.421. The van der Waals surface area contributed by atoms with Crippen molar-refractivity contribution in [2.24, 2.45) is 0 Å². The highest BCUT2D eigenvalue weighted by atomic mass is 16.6. The Balaban J connectivity index is 0.000000396. The third kappa shape index (κ3) is 11.8. The summed E-state index contributed by atoms with van der Waals surface area (Å²) in [7, 11) is 1.64. The van der Waals surface area contributed by atoms with Crippen molar-refractivity contribution < 1.29 is 19.3 Å². The molecule has 0 aliphatic carbocycles. The number of hydrogen-bond acceptors (Lipinski definition) is 4. The zero-order valence-corrected chi connectivity index (χ0v) is 8.66. The van der Waals surface area contributed by atoms with Crippen molar-refractivity contribution in [3.8, 4) is 0 Å². The highest BCUT2D eigenvalue weighted by molar-refractivity contribution is 4.49. The monoisotopic (exact) mass is 192 g/mol. The van der Waals surface area contributed by atoms with Crippen LogP contribution >= 0.6 is 0 Å². The van der Waals surface area contributed by atoms with E-state index in [1.807, 2.05) is 13.8 Å². The lowest BCUT2D eigenvalue weighted by Gasteiger charge is -2.13. The Hall–Kier alpha value is -0.160. The zero-order valence-electron chi connectivity index (χ0n) is 8.66. The largest absolute Gasteiger partial charge is 0.394 e. The molecule has 1 N–H and O–H groups in total. The van der Waals surface area contributed by atoms with Crippen LogP contribution in [0.5, 0.6) is 0 Å². The van der Waals surface area contributed by atoms with E-state index in [9.17, 15) is 0 Å². The summed E-state index contributed by atoms with van der Waals surface area (Å²) >= 11 is 0. The second-order valence-corrected chi connectivity index (χ2v) is 2.99. The van der Waals surface area contributed by atoms with Crippen molar-refractivity contribution in [3.63, 3.8) is 0 Å². The second-order valence-electron chi connectivity index (χ2n) is 2.99. The first-order valence-corrected chi connectivity index (χ1v) is 4.53. The minimum Gasteiger partial charge on any atom is -0.394 e.